The van der Waals surface area contributed by atoms with Crippen LogP contribution < -0.4 is 10.6 Å². The molecule has 1 unspecified atom stereocenters. The molecule has 0 saturated heterocycles. The predicted octanol–water partition coefficient (Wildman–Crippen LogP) is 4.84. The summed E-state index contributed by atoms with van der Waals surface area (Å²) in [7, 11) is 0. The van der Waals surface area contributed by atoms with Crippen LogP contribution in [0.15, 0.2) is 46.9 Å². The molecule has 1 heterocycles. The highest BCUT2D eigenvalue weighted by Gasteiger charge is 2.06. The van der Waals surface area contributed by atoms with Crippen molar-refractivity contribution in [2.75, 3.05) is 17.2 Å². The van der Waals surface area contributed by atoms with Gasteiger partial charge in [-0.3, -0.25) is 0 Å². The maximum Gasteiger partial charge on any atom is 0.128 e. The Bertz CT molecular complexity index is 540. The highest BCUT2D eigenvalue weighted by Crippen LogP contribution is 2.20. The van der Waals surface area contributed by atoms with Crippen LogP contribution in [0.2, 0.25) is 0 Å². The molecule has 2 aromatic rings. The van der Waals surface area contributed by atoms with E-state index in [0.29, 0.717) is 0 Å². The van der Waals surface area contributed by atoms with Gasteiger partial charge >= 0.3 is 0 Å². The minimum Gasteiger partial charge on any atom is -0.370 e. The van der Waals surface area contributed by atoms with Crippen molar-refractivity contribution >= 4 is 27.6 Å². The second-order valence-corrected chi connectivity index (χ2v) is 5.67. The molecule has 0 amide bonds. The number of hydrogen-bond acceptors (Lipinski definition) is 3. The number of hydrogen-bond donors (Lipinski definition) is 2. The summed E-state index contributed by atoms with van der Waals surface area (Å²) in [6.45, 7) is 5.22. The van der Waals surface area contributed by atoms with Gasteiger partial charge in [0.1, 0.15) is 11.6 Å². The fourth-order valence-corrected chi connectivity index (χ4v) is 2.19. The number of nitrogens with one attached hydrogen (secondary N) is 2. The van der Waals surface area contributed by atoms with Gasteiger partial charge < -0.3 is 10.6 Å². The van der Waals surface area contributed by atoms with Crippen LogP contribution >= 0.6 is 15.9 Å². The SMILES string of the molecule is CCCNc1cccc(NC(C)c2ccc(Br)cc2)n1. The first-order valence-corrected chi connectivity index (χ1v) is 7.71. The summed E-state index contributed by atoms with van der Waals surface area (Å²) in [6, 6.07) is 14.6. The molecule has 1 aromatic carbocycles. The number of benzene rings is 1. The molecule has 0 aliphatic carbocycles. The van der Waals surface area contributed by atoms with E-state index in [0.717, 1.165) is 29.1 Å². The summed E-state index contributed by atoms with van der Waals surface area (Å²) >= 11 is 3.45. The molecule has 1 aromatic heterocycles. The van der Waals surface area contributed by atoms with Crippen molar-refractivity contribution in [1.29, 1.82) is 0 Å². The lowest BCUT2D eigenvalue weighted by molar-refractivity contribution is 0.873. The van der Waals surface area contributed by atoms with Gasteiger partial charge in [0.25, 0.3) is 0 Å². The third-order valence-corrected chi connectivity index (χ3v) is 3.57. The molecule has 0 saturated carbocycles. The molecule has 0 spiro atoms. The van der Waals surface area contributed by atoms with Crippen molar-refractivity contribution in [3.63, 3.8) is 0 Å². The van der Waals surface area contributed by atoms with Gasteiger partial charge in [0, 0.05) is 17.1 Å². The average Bonchev–Trinajstić information content (AvgIpc) is 2.46. The first-order chi connectivity index (χ1) is 9.69. The molecular formula is C16H20BrN3. The lowest BCUT2D eigenvalue weighted by Crippen LogP contribution is -2.09. The lowest BCUT2D eigenvalue weighted by atomic mass is 10.1. The van der Waals surface area contributed by atoms with Crippen LogP contribution in [0.1, 0.15) is 31.9 Å². The van der Waals surface area contributed by atoms with Crippen LogP contribution in [-0.2, 0) is 0 Å². The molecule has 0 fully saturated rings. The summed E-state index contributed by atoms with van der Waals surface area (Å²) in [5.41, 5.74) is 1.24. The van der Waals surface area contributed by atoms with E-state index < -0.39 is 0 Å². The van der Waals surface area contributed by atoms with Crippen LogP contribution in [0, 0.1) is 0 Å². The number of rotatable bonds is 6. The molecule has 20 heavy (non-hydrogen) atoms. The molecule has 1 atom stereocenters. The summed E-state index contributed by atoms with van der Waals surface area (Å²) in [5.74, 6) is 1.81. The summed E-state index contributed by atoms with van der Waals surface area (Å²) in [5, 5.41) is 6.73. The maximum atomic E-state index is 4.56. The number of aromatic nitrogens is 1. The zero-order chi connectivity index (χ0) is 14.4. The van der Waals surface area contributed by atoms with Gasteiger partial charge in [0.05, 0.1) is 0 Å². The standard InChI is InChI=1S/C16H20BrN3/c1-3-11-18-15-5-4-6-16(20-15)19-12(2)13-7-9-14(17)10-8-13/h4-10,12H,3,11H2,1-2H3,(H2,18,19,20). The highest BCUT2D eigenvalue weighted by molar-refractivity contribution is 9.10. The van der Waals surface area contributed by atoms with Crippen molar-refractivity contribution in [1.82, 2.24) is 4.98 Å². The van der Waals surface area contributed by atoms with E-state index in [2.05, 4.69) is 69.7 Å². The van der Waals surface area contributed by atoms with Crippen LogP contribution in [0.3, 0.4) is 0 Å². The largest absolute Gasteiger partial charge is 0.370 e. The van der Waals surface area contributed by atoms with Crippen LogP contribution in [0.4, 0.5) is 11.6 Å². The van der Waals surface area contributed by atoms with E-state index in [1.165, 1.54) is 5.56 Å². The molecule has 2 rings (SSSR count). The molecule has 0 aliphatic heterocycles. The van der Waals surface area contributed by atoms with Gasteiger partial charge in [-0.15, -0.1) is 0 Å². The predicted molar refractivity (Wildman–Crippen MR) is 89.2 cm³/mol. The van der Waals surface area contributed by atoms with E-state index in [1.54, 1.807) is 0 Å². The highest BCUT2D eigenvalue weighted by atomic mass is 79.9. The van der Waals surface area contributed by atoms with Crippen LogP contribution in [0.5, 0.6) is 0 Å². The summed E-state index contributed by atoms with van der Waals surface area (Å²) < 4.78 is 1.09. The zero-order valence-electron chi connectivity index (χ0n) is 11.9. The Labute approximate surface area is 129 Å². The van der Waals surface area contributed by atoms with Crippen LogP contribution in [-0.4, -0.2) is 11.5 Å². The monoisotopic (exact) mass is 333 g/mol. The number of nitrogens with zero attached hydrogens (tertiary/aromatic N) is 1. The zero-order valence-corrected chi connectivity index (χ0v) is 13.4. The minimum atomic E-state index is 0.219. The van der Waals surface area contributed by atoms with Crippen molar-refractivity contribution in [2.45, 2.75) is 26.3 Å². The van der Waals surface area contributed by atoms with Crippen molar-refractivity contribution in [3.8, 4) is 0 Å². The maximum absolute atomic E-state index is 4.56. The Morgan fingerprint density at radius 2 is 1.80 bits per heavy atom. The first kappa shape index (κ1) is 14.9. The molecule has 0 radical (unpaired) electrons. The third kappa shape index (κ3) is 4.23. The van der Waals surface area contributed by atoms with Gasteiger partial charge in [-0.2, -0.15) is 0 Å². The molecule has 3 nitrogen and oxygen atoms in total. The molecule has 4 heteroatoms. The molecule has 0 bridgehead atoms. The fourth-order valence-electron chi connectivity index (χ4n) is 1.92. The van der Waals surface area contributed by atoms with Gasteiger partial charge in [-0.1, -0.05) is 41.1 Å². The minimum absolute atomic E-state index is 0.219. The second-order valence-electron chi connectivity index (χ2n) is 4.75. The number of anilines is 2. The normalized spacial score (nSPS) is 11.9. The fraction of sp³-hybridized carbons (Fsp3) is 0.312. The molecule has 2 N–H and O–H groups in total. The molecule has 0 aliphatic rings. The van der Waals surface area contributed by atoms with E-state index in [9.17, 15) is 0 Å². The van der Waals surface area contributed by atoms with Crippen molar-refractivity contribution in [3.05, 3.63) is 52.5 Å². The molecule has 106 valence electrons. The van der Waals surface area contributed by atoms with E-state index in [4.69, 9.17) is 0 Å². The summed E-state index contributed by atoms with van der Waals surface area (Å²) in [4.78, 5) is 4.56. The van der Waals surface area contributed by atoms with Gasteiger partial charge in [0.2, 0.25) is 0 Å². The number of halogens is 1. The Balaban J connectivity index is 2.03. The Morgan fingerprint density at radius 1 is 1.10 bits per heavy atom. The summed E-state index contributed by atoms with van der Waals surface area (Å²) in [6.07, 6.45) is 1.09. The smallest absolute Gasteiger partial charge is 0.128 e. The Hall–Kier alpha value is -1.55. The van der Waals surface area contributed by atoms with E-state index in [-0.39, 0.29) is 6.04 Å². The van der Waals surface area contributed by atoms with Gasteiger partial charge in [0.15, 0.2) is 0 Å². The van der Waals surface area contributed by atoms with Crippen molar-refractivity contribution < 1.29 is 0 Å². The first-order valence-electron chi connectivity index (χ1n) is 6.92. The average molecular weight is 334 g/mol. The number of pyridine rings is 1. The quantitative estimate of drug-likeness (QED) is 0.794. The third-order valence-electron chi connectivity index (χ3n) is 3.04. The van der Waals surface area contributed by atoms with E-state index in [1.807, 2.05) is 18.2 Å². The van der Waals surface area contributed by atoms with E-state index >= 15 is 0 Å². The lowest BCUT2D eigenvalue weighted by Gasteiger charge is -2.16. The topological polar surface area (TPSA) is 37.0 Å². The Morgan fingerprint density at radius 3 is 2.50 bits per heavy atom. The van der Waals surface area contributed by atoms with Gasteiger partial charge in [-0.25, -0.2) is 4.98 Å². The second kappa shape index (κ2) is 7.29. The van der Waals surface area contributed by atoms with Gasteiger partial charge in [-0.05, 0) is 43.2 Å². The molecular weight excluding hydrogens is 314 g/mol. The van der Waals surface area contributed by atoms with Crippen LogP contribution in [0.25, 0.3) is 0 Å². The Kier molecular flexibility index (Phi) is 5.41. The van der Waals surface area contributed by atoms with Crippen molar-refractivity contribution in [2.24, 2.45) is 0 Å².